The Bertz CT molecular complexity index is 410. The van der Waals surface area contributed by atoms with Crippen LogP contribution in [0.2, 0.25) is 0 Å². The van der Waals surface area contributed by atoms with Gasteiger partial charge in [-0.3, -0.25) is 14.7 Å². The van der Waals surface area contributed by atoms with E-state index >= 15 is 0 Å². The third-order valence-corrected chi connectivity index (χ3v) is 2.63. The molecule has 0 N–H and O–H groups in total. The van der Waals surface area contributed by atoms with E-state index in [1.165, 1.54) is 5.69 Å². The minimum absolute atomic E-state index is 0.165. The maximum absolute atomic E-state index is 4.26. The van der Waals surface area contributed by atoms with E-state index in [4.69, 9.17) is 0 Å². The highest BCUT2D eigenvalue weighted by Gasteiger charge is 2.05. The van der Waals surface area contributed by atoms with Crippen LogP contribution in [0.25, 0.3) is 0 Å². The van der Waals surface area contributed by atoms with Gasteiger partial charge in [0.1, 0.15) is 6.17 Å². The van der Waals surface area contributed by atoms with Crippen molar-refractivity contribution < 1.29 is 0 Å². The SMILES string of the molecule is C=CC1=NC(CC)N=C1.CCc1ccn(CC)n1. The summed E-state index contributed by atoms with van der Waals surface area (Å²) in [6.07, 6.45) is 7.68. The number of hydrogen-bond donors (Lipinski definition) is 0. The molecule has 1 unspecified atom stereocenters. The van der Waals surface area contributed by atoms with Gasteiger partial charge in [0.15, 0.2) is 0 Å². The minimum Gasteiger partial charge on any atom is -0.273 e. The molecule has 0 saturated heterocycles. The Hall–Kier alpha value is -1.71. The third kappa shape index (κ3) is 4.28. The zero-order chi connectivity index (χ0) is 13.4. The van der Waals surface area contributed by atoms with Crippen LogP contribution in [-0.2, 0) is 13.0 Å². The molecule has 1 atom stereocenters. The lowest BCUT2D eigenvalue weighted by Crippen LogP contribution is -1.94. The monoisotopic (exact) mass is 246 g/mol. The van der Waals surface area contributed by atoms with Gasteiger partial charge in [-0.25, -0.2) is 0 Å². The molecule has 4 heteroatoms. The van der Waals surface area contributed by atoms with Crippen molar-refractivity contribution in [3.8, 4) is 0 Å². The van der Waals surface area contributed by atoms with E-state index in [0.29, 0.717) is 0 Å². The highest BCUT2D eigenvalue weighted by atomic mass is 15.3. The number of aryl methyl sites for hydroxylation is 2. The van der Waals surface area contributed by atoms with E-state index in [-0.39, 0.29) is 6.17 Å². The van der Waals surface area contributed by atoms with Crippen molar-refractivity contribution in [2.24, 2.45) is 9.98 Å². The van der Waals surface area contributed by atoms with Gasteiger partial charge in [-0.05, 0) is 31.9 Å². The maximum atomic E-state index is 4.26. The van der Waals surface area contributed by atoms with Crippen molar-refractivity contribution in [2.75, 3.05) is 0 Å². The lowest BCUT2D eigenvalue weighted by atomic mass is 10.4. The molecule has 0 fully saturated rings. The molecule has 0 bridgehead atoms. The van der Waals surface area contributed by atoms with Crippen LogP contribution >= 0.6 is 0 Å². The molecule has 0 aromatic carbocycles. The Morgan fingerprint density at radius 3 is 2.50 bits per heavy atom. The van der Waals surface area contributed by atoms with Crippen molar-refractivity contribution in [3.63, 3.8) is 0 Å². The van der Waals surface area contributed by atoms with E-state index in [9.17, 15) is 0 Å². The van der Waals surface area contributed by atoms with Gasteiger partial charge in [-0.15, -0.1) is 0 Å². The number of rotatable bonds is 4. The standard InChI is InChI=1S/C7H12N2.C7H10N2/c1-3-7-5-6-9(4-2)8-7;1-3-6-5-8-7(4-2)9-6/h5-6H,3-4H2,1-2H3;3,5,7H,1,4H2,2H3. The molecule has 1 aromatic rings. The lowest BCUT2D eigenvalue weighted by Gasteiger charge is -1.94. The average molecular weight is 246 g/mol. The highest BCUT2D eigenvalue weighted by molar-refractivity contribution is 6.36. The van der Waals surface area contributed by atoms with E-state index in [2.05, 4.69) is 48.5 Å². The zero-order valence-electron chi connectivity index (χ0n) is 11.5. The fourth-order valence-electron chi connectivity index (χ4n) is 1.47. The second-order valence-corrected chi connectivity index (χ2v) is 3.94. The molecule has 1 aliphatic heterocycles. The summed E-state index contributed by atoms with van der Waals surface area (Å²) in [5, 5.41) is 4.26. The number of hydrogen-bond acceptors (Lipinski definition) is 3. The smallest absolute Gasteiger partial charge is 0.140 e. The van der Waals surface area contributed by atoms with Crippen LogP contribution in [0.1, 0.15) is 32.9 Å². The Morgan fingerprint density at radius 2 is 2.17 bits per heavy atom. The summed E-state index contributed by atoms with van der Waals surface area (Å²) >= 11 is 0. The van der Waals surface area contributed by atoms with E-state index in [1.54, 1.807) is 12.3 Å². The molecule has 2 heterocycles. The van der Waals surface area contributed by atoms with Crippen LogP contribution in [0, 0.1) is 0 Å². The van der Waals surface area contributed by atoms with Gasteiger partial charge < -0.3 is 0 Å². The second-order valence-electron chi connectivity index (χ2n) is 3.94. The molecule has 4 nitrogen and oxygen atoms in total. The fraction of sp³-hybridized carbons (Fsp3) is 0.500. The summed E-state index contributed by atoms with van der Waals surface area (Å²) in [5.41, 5.74) is 2.08. The van der Waals surface area contributed by atoms with Gasteiger partial charge in [-0.1, -0.05) is 20.4 Å². The fourth-order valence-corrected chi connectivity index (χ4v) is 1.47. The summed E-state index contributed by atoms with van der Waals surface area (Å²) in [5.74, 6) is 0. The maximum Gasteiger partial charge on any atom is 0.140 e. The summed E-state index contributed by atoms with van der Waals surface area (Å²) in [7, 11) is 0. The Morgan fingerprint density at radius 1 is 1.39 bits per heavy atom. The molecule has 1 aromatic heterocycles. The first kappa shape index (κ1) is 14.4. The van der Waals surface area contributed by atoms with Gasteiger partial charge in [-0.2, -0.15) is 5.10 Å². The third-order valence-electron chi connectivity index (χ3n) is 2.63. The van der Waals surface area contributed by atoms with Crippen LogP contribution in [0.15, 0.2) is 34.9 Å². The molecule has 0 radical (unpaired) electrons. The van der Waals surface area contributed by atoms with E-state index < -0.39 is 0 Å². The minimum atomic E-state index is 0.165. The van der Waals surface area contributed by atoms with Crippen molar-refractivity contribution in [3.05, 3.63) is 30.6 Å². The first-order chi connectivity index (χ1) is 8.73. The first-order valence-corrected chi connectivity index (χ1v) is 6.49. The summed E-state index contributed by atoms with van der Waals surface area (Å²) in [6, 6.07) is 2.06. The van der Waals surface area contributed by atoms with Crippen LogP contribution in [-0.4, -0.2) is 27.9 Å². The number of nitrogens with zero attached hydrogens (tertiary/aromatic N) is 4. The Labute approximate surface area is 109 Å². The van der Waals surface area contributed by atoms with Gasteiger partial charge in [0.2, 0.25) is 0 Å². The van der Waals surface area contributed by atoms with Crippen molar-refractivity contribution >= 4 is 11.9 Å². The number of aromatic nitrogens is 2. The summed E-state index contributed by atoms with van der Waals surface area (Å²) in [4.78, 5) is 8.31. The molecule has 0 amide bonds. The molecule has 98 valence electrons. The van der Waals surface area contributed by atoms with Crippen molar-refractivity contribution in [1.29, 1.82) is 0 Å². The topological polar surface area (TPSA) is 42.5 Å². The summed E-state index contributed by atoms with van der Waals surface area (Å²) < 4.78 is 1.94. The molecule has 0 spiro atoms. The highest BCUT2D eigenvalue weighted by Crippen LogP contribution is 2.04. The normalized spacial score (nSPS) is 17.1. The molecule has 1 aliphatic rings. The van der Waals surface area contributed by atoms with Crippen LogP contribution < -0.4 is 0 Å². The average Bonchev–Trinajstić information content (AvgIpc) is 3.07. The van der Waals surface area contributed by atoms with E-state index in [1.807, 2.05) is 10.9 Å². The predicted octanol–water partition coefficient (Wildman–Crippen LogP) is 2.90. The molecule has 0 saturated carbocycles. The Kier molecular flexibility index (Phi) is 6.05. The van der Waals surface area contributed by atoms with Gasteiger partial charge >= 0.3 is 0 Å². The number of aliphatic imine (C=N–C) groups is 2. The first-order valence-electron chi connectivity index (χ1n) is 6.49. The zero-order valence-corrected chi connectivity index (χ0v) is 11.5. The Balaban J connectivity index is 0.000000180. The van der Waals surface area contributed by atoms with Crippen molar-refractivity contribution in [1.82, 2.24) is 9.78 Å². The quantitative estimate of drug-likeness (QED) is 0.805. The molecule has 0 aliphatic carbocycles. The molecule has 2 rings (SSSR count). The van der Waals surface area contributed by atoms with Gasteiger partial charge in [0.05, 0.1) is 11.4 Å². The van der Waals surface area contributed by atoms with E-state index in [0.717, 1.165) is 25.1 Å². The second kappa shape index (κ2) is 7.58. The number of allylic oxidation sites excluding steroid dienone is 1. The van der Waals surface area contributed by atoms with Crippen molar-refractivity contribution in [2.45, 2.75) is 46.3 Å². The van der Waals surface area contributed by atoms with Gasteiger partial charge in [0, 0.05) is 19.0 Å². The largest absolute Gasteiger partial charge is 0.273 e. The molecular weight excluding hydrogens is 224 g/mol. The lowest BCUT2D eigenvalue weighted by molar-refractivity contribution is 0.648. The van der Waals surface area contributed by atoms with Gasteiger partial charge in [0.25, 0.3) is 0 Å². The van der Waals surface area contributed by atoms with Crippen LogP contribution in [0.4, 0.5) is 0 Å². The summed E-state index contributed by atoms with van der Waals surface area (Å²) in [6.45, 7) is 10.8. The molecular formula is C14H22N4. The van der Waals surface area contributed by atoms with Crippen LogP contribution in [0.5, 0.6) is 0 Å². The molecule has 18 heavy (non-hydrogen) atoms. The van der Waals surface area contributed by atoms with Crippen LogP contribution in [0.3, 0.4) is 0 Å². The predicted molar refractivity (Wildman–Crippen MR) is 77.5 cm³/mol.